The molecule has 2 heterocycles. The number of benzene rings is 1. The predicted octanol–water partition coefficient (Wildman–Crippen LogP) is 2.57. The molecule has 3 heteroatoms. The van der Waals surface area contributed by atoms with Crippen LogP contribution >= 0.6 is 0 Å². The SMILES string of the molecule is O=C1Nc2ccccc2/C1=C\c1ccncc1. The van der Waals surface area contributed by atoms with E-state index in [-0.39, 0.29) is 5.91 Å². The zero-order valence-electron chi connectivity index (χ0n) is 9.05. The van der Waals surface area contributed by atoms with Gasteiger partial charge in [0.1, 0.15) is 0 Å². The van der Waals surface area contributed by atoms with Crippen LogP contribution in [0.2, 0.25) is 0 Å². The molecule has 1 aromatic carbocycles. The average molecular weight is 222 g/mol. The summed E-state index contributed by atoms with van der Waals surface area (Å²) in [6, 6.07) is 11.4. The smallest absolute Gasteiger partial charge is 0.256 e. The Morgan fingerprint density at radius 2 is 1.82 bits per heavy atom. The van der Waals surface area contributed by atoms with Gasteiger partial charge in [-0.05, 0) is 29.8 Å². The molecule has 1 amide bonds. The van der Waals surface area contributed by atoms with Crippen molar-refractivity contribution in [3.8, 4) is 0 Å². The van der Waals surface area contributed by atoms with Crippen molar-refractivity contribution >= 4 is 23.2 Å². The molecule has 1 aliphatic rings. The van der Waals surface area contributed by atoms with Gasteiger partial charge in [0.2, 0.25) is 0 Å². The van der Waals surface area contributed by atoms with E-state index in [9.17, 15) is 4.79 Å². The van der Waals surface area contributed by atoms with Gasteiger partial charge in [0.15, 0.2) is 0 Å². The molecule has 17 heavy (non-hydrogen) atoms. The maximum atomic E-state index is 11.8. The number of rotatable bonds is 1. The lowest BCUT2D eigenvalue weighted by Crippen LogP contribution is -2.03. The summed E-state index contributed by atoms with van der Waals surface area (Å²) in [5, 5.41) is 2.84. The molecule has 0 unspecified atom stereocenters. The number of nitrogens with one attached hydrogen (secondary N) is 1. The molecule has 1 N–H and O–H groups in total. The highest BCUT2D eigenvalue weighted by Gasteiger charge is 2.22. The highest BCUT2D eigenvalue weighted by Crippen LogP contribution is 2.32. The number of aromatic nitrogens is 1. The van der Waals surface area contributed by atoms with Gasteiger partial charge in [0.25, 0.3) is 5.91 Å². The Balaban J connectivity index is 2.10. The second-order valence-electron chi connectivity index (χ2n) is 3.84. The lowest BCUT2D eigenvalue weighted by Gasteiger charge is -1.97. The van der Waals surface area contributed by atoms with Crippen LogP contribution < -0.4 is 5.32 Å². The minimum atomic E-state index is -0.0528. The molecule has 0 saturated heterocycles. The summed E-state index contributed by atoms with van der Waals surface area (Å²) in [6.45, 7) is 0. The van der Waals surface area contributed by atoms with Crippen molar-refractivity contribution in [2.75, 3.05) is 5.32 Å². The molecule has 0 radical (unpaired) electrons. The van der Waals surface area contributed by atoms with Crippen LogP contribution in [0.15, 0.2) is 48.8 Å². The largest absolute Gasteiger partial charge is 0.321 e. The number of carbonyl (C=O) groups excluding carboxylic acids is 1. The number of fused-ring (bicyclic) bond motifs is 1. The number of hydrogen-bond donors (Lipinski definition) is 1. The minimum Gasteiger partial charge on any atom is -0.321 e. The summed E-state index contributed by atoms with van der Waals surface area (Å²) in [5.74, 6) is -0.0528. The summed E-state index contributed by atoms with van der Waals surface area (Å²) in [5.41, 5.74) is 3.50. The van der Waals surface area contributed by atoms with Gasteiger partial charge in [0, 0.05) is 29.2 Å². The molecule has 82 valence electrons. The van der Waals surface area contributed by atoms with Gasteiger partial charge in [-0.25, -0.2) is 0 Å². The number of para-hydroxylation sites is 1. The Morgan fingerprint density at radius 1 is 1.06 bits per heavy atom. The van der Waals surface area contributed by atoms with Gasteiger partial charge in [-0.1, -0.05) is 18.2 Å². The molecule has 1 aliphatic heterocycles. The predicted molar refractivity (Wildman–Crippen MR) is 67.2 cm³/mol. The molecule has 0 atom stereocenters. The van der Waals surface area contributed by atoms with Crippen molar-refractivity contribution in [3.05, 3.63) is 59.9 Å². The number of hydrogen-bond acceptors (Lipinski definition) is 2. The standard InChI is InChI=1S/C14H10N2O/c17-14-12(9-10-5-7-15-8-6-10)11-3-1-2-4-13(11)16-14/h1-9H,(H,16,17)/b12-9+. The molecule has 0 fully saturated rings. The van der Waals surface area contributed by atoms with Gasteiger partial charge in [0.05, 0.1) is 0 Å². The van der Waals surface area contributed by atoms with Crippen LogP contribution in [0.3, 0.4) is 0 Å². The van der Waals surface area contributed by atoms with Gasteiger partial charge in [-0.3, -0.25) is 9.78 Å². The fourth-order valence-electron chi connectivity index (χ4n) is 1.91. The van der Waals surface area contributed by atoms with Gasteiger partial charge >= 0.3 is 0 Å². The summed E-state index contributed by atoms with van der Waals surface area (Å²) in [4.78, 5) is 15.8. The fraction of sp³-hybridized carbons (Fsp3) is 0. The number of pyridine rings is 1. The average Bonchev–Trinajstić information content (AvgIpc) is 2.68. The molecule has 0 saturated carbocycles. The normalized spacial score (nSPS) is 15.8. The van der Waals surface area contributed by atoms with Crippen LogP contribution in [0.1, 0.15) is 11.1 Å². The third kappa shape index (κ3) is 1.72. The monoisotopic (exact) mass is 222 g/mol. The Bertz CT molecular complexity index is 603. The fourth-order valence-corrected chi connectivity index (χ4v) is 1.91. The van der Waals surface area contributed by atoms with Crippen LogP contribution in [-0.4, -0.2) is 10.9 Å². The minimum absolute atomic E-state index is 0.0528. The van der Waals surface area contributed by atoms with E-state index in [0.717, 1.165) is 16.8 Å². The van der Waals surface area contributed by atoms with Crippen molar-refractivity contribution in [1.29, 1.82) is 0 Å². The van der Waals surface area contributed by atoms with Crippen LogP contribution in [0.25, 0.3) is 11.6 Å². The van der Waals surface area contributed by atoms with Gasteiger partial charge in [-0.2, -0.15) is 0 Å². The summed E-state index contributed by atoms with van der Waals surface area (Å²) in [7, 11) is 0. The first kappa shape index (κ1) is 9.78. The maximum absolute atomic E-state index is 11.8. The molecular weight excluding hydrogens is 212 g/mol. The highest BCUT2D eigenvalue weighted by molar-refractivity contribution is 6.34. The van der Waals surface area contributed by atoms with Crippen molar-refractivity contribution in [3.63, 3.8) is 0 Å². The van der Waals surface area contributed by atoms with E-state index in [0.29, 0.717) is 5.57 Å². The molecule has 3 nitrogen and oxygen atoms in total. The number of anilines is 1. The van der Waals surface area contributed by atoms with Crippen molar-refractivity contribution < 1.29 is 4.79 Å². The van der Waals surface area contributed by atoms with E-state index >= 15 is 0 Å². The van der Waals surface area contributed by atoms with E-state index < -0.39 is 0 Å². The zero-order valence-corrected chi connectivity index (χ0v) is 9.05. The first-order valence-corrected chi connectivity index (χ1v) is 5.37. The van der Waals surface area contributed by atoms with Gasteiger partial charge in [-0.15, -0.1) is 0 Å². The van der Waals surface area contributed by atoms with E-state index in [1.54, 1.807) is 12.4 Å². The zero-order chi connectivity index (χ0) is 11.7. The summed E-state index contributed by atoms with van der Waals surface area (Å²) >= 11 is 0. The Hall–Kier alpha value is -2.42. The van der Waals surface area contributed by atoms with Gasteiger partial charge < -0.3 is 5.32 Å². The third-order valence-corrected chi connectivity index (χ3v) is 2.73. The molecule has 0 aliphatic carbocycles. The first-order chi connectivity index (χ1) is 8.34. The molecule has 2 aromatic rings. The van der Waals surface area contributed by atoms with E-state index in [2.05, 4.69) is 10.3 Å². The maximum Gasteiger partial charge on any atom is 0.256 e. The lowest BCUT2D eigenvalue weighted by atomic mass is 10.0. The van der Waals surface area contributed by atoms with Crippen molar-refractivity contribution in [1.82, 2.24) is 4.98 Å². The Morgan fingerprint density at radius 3 is 2.65 bits per heavy atom. The number of carbonyl (C=O) groups is 1. The molecule has 1 aromatic heterocycles. The van der Waals surface area contributed by atoms with E-state index in [1.165, 1.54) is 0 Å². The highest BCUT2D eigenvalue weighted by atomic mass is 16.1. The molecular formula is C14H10N2O. The summed E-state index contributed by atoms with van der Waals surface area (Å²) < 4.78 is 0. The Kier molecular flexibility index (Phi) is 2.22. The topological polar surface area (TPSA) is 42.0 Å². The van der Waals surface area contributed by atoms with Crippen LogP contribution in [0.4, 0.5) is 5.69 Å². The first-order valence-electron chi connectivity index (χ1n) is 5.37. The van der Waals surface area contributed by atoms with Crippen LogP contribution in [-0.2, 0) is 4.79 Å². The molecule has 3 rings (SSSR count). The second-order valence-corrected chi connectivity index (χ2v) is 3.84. The van der Waals surface area contributed by atoms with Crippen LogP contribution in [0.5, 0.6) is 0 Å². The van der Waals surface area contributed by atoms with Crippen molar-refractivity contribution in [2.45, 2.75) is 0 Å². The molecule has 0 bridgehead atoms. The number of nitrogens with zero attached hydrogens (tertiary/aromatic N) is 1. The Labute approximate surface area is 98.8 Å². The number of amides is 1. The molecule has 0 spiro atoms. The van der Waals surface area contributed by atoms with Crippen molar-refractivity contribution in [2.24, 2.45) is 0 Å². The van der Waals surface area contributed by atoms with E-state index in [4.69, 9.17) is 0 Å². The second kappa shape index (κ2) is 3.87. The lowest BCUT2D eigenvalue weighted by molar-refractivity contribution is -0.110. The third-order valence-electron chi connectivity index (χ3n) is 2.73. The quantitative estimate of drug-likeness (QED) is 0.753. The summed E-state index contributed by atoms with van der Waals surface area (Å²) in [6.07, 6.45) is 5.30. The van der Waals surface area contributed by atoms with E-state index in [1.807, 2.05) is 42.5 Å². The van der Waals surface area contributed by atoms with Crippen LogP contribution in [0, 0.1) is 0 Å².